The number of anilines is 1. The first-order chi connectivity index (χ1) is 15.0. The summed E-state index contributed by atoms with van der Waals surface area (Å²) in [6, 6.07) is 17.9. The van der Waals surface area contributed by atoms with E-state index in [1.165, 1.54) is 0 Å². The van der Waals surface area contributed by atoms with Crippen molar-refractivity contribution in [2.24, 2.45) is 0 Å². The molecule has 6 nitrogen and oxygen atoms in total. The highest BCUT2D eigenvalue weighted by molar-refractivity contribution is 5.91. The second-order valence-corrected chi connectivity index (χ2v) is 8.59. The lowest BCUT2D eigenvalue weighted by molar-refractivity contribution is 0.0564. The summed E-state index contributed by atoms with van der Waals surface area (Å²) in [6.07, 6.45) is 1.38. The van der Waals surface area contributed by atoms with Crippen molar-refractivity contribution < 1.29 is 9.53 Å². The number of nitrogens with one attached hydrogen (secondary N) is 1. The van der Waals surface area contributed by atoms with Gasteiger partial charge in [0, 0.05) is 44.8 Å². The fourth-order valence-corrected chi connectivity index (χ4v) is 3.80. The van der Waals surface area contributed by atoms with Gasteiger partial charge < -0.3 is 19.4 Å². The summed E-state index contributed by atoms with van der Waals surface area (Å²) in [5.41, 5.74) is 2.84. The first-order valence-corrected chi connectivity index (χ1v) is 11.2. The van der Waals surface area contributed by atoms with Crippen molar-refractivity contribution in [2.75, 3.05) is 65.7 Å². The number of piperidine rings is 1. The number of carbonyl (C=O) groups is 1. The fourth-order valence-electron chi connectivity index (χ4n) is 3.80. The summed E-state index contributed by atoms with van der Waals surface area (Å²) in [5, 5.41) is 2.95. The fraction of sp³-hybridized carbons (Fsp3) is 0.480. The van der Waals surface area contributed by atoms with Crippen LogP contribution in [-0.4, -0.2) is 87.3 Å². The lowest BCUT2D eigenvalue weighted by Gasteiger charge is -2.32. The third kappa shape index (κ3) is 7.65. The van der Waals surface area contributed by atoms with Crippen molar-refractivity contribution in [3.63, 3.8) is 0 Å². The Morgan fingerprint density at radius 3 is 2.35 bits per heavy atom. The molecule has 2 aromatic rings. The predicted molar refractivity (Wildman–Crippen MR) is 127 cm³/mol. The van der Waals surface area contributed by atoms with Crippen molar-refractivity contribution in [3.05, 3.63) is 54.6 Å². The number of rotatable bonds is 9. The smallest absolute Gasteiger partial charge is 0.411 e. The maximum atomic E-state index is 12.5. The number of ether oxygens (including phenoxy) is 1. The number of benzene rings is 2. The molecule has 1 amide bonds. The molecule has 1 N–H and O–H groups in total. The molecular formula is C25H36N4O2. The largest absolute Gasteiger partial charge is 0.446 e. The van der Waals surface area contributed by atoms with E-state index in [1.807, 2.05) is 54.6 Å². The van der Waals surface area contributed by atoms with Crippen LogP contribution in [0.5, 0.6) is 0 Å². The van der Waals surface area contributed by atoms with Crippen molar-refractivity contribution in [1.82, 2.24) is 14.7 Å². The number of hydrogen-bond donors (Lipinski definition) is 1. The van der Waals surface area contributed by atoms with E-state index < -0.39 is 0 Å². The molecule has 2 aromatic carbocycles. The van der Waals surface area contributed by atoms with E-state index in [-0.39, 0.29) is 12.2 Å². The van der Waals surface area contributed by atoms with Crippen LogP contribution in [0.25, 0.3) is 11.1 Å². The van der Waals surface area contributed by atoms with Gasteiger partial charge in [-0.1, -0.05) is 48.5 Å². The van der Waals surface area contributed by atoms with E-state index in [0.29, 0.717) is 0 Å². The molecule has 3 rings (SSSR count). The molecule has 1 heterocycles. The minimum absolute atomic E-state index is 0.0217. The zero-order valence-electron chi connectivity index (χ0n) is 19.1. The quantitative estimate of drug-likeness (QED) is 0.662. The van der Waals surface area contributed by atoms with E-state index in [4.69, 9.17) is 4.74 Å². The standard InChI is InChI=1S/C25H36N4O2/c1-27(2)17-18-28(3)19-20-29-15-13-22(14-16-29)31-25(30)26-24-12-8-7-11-23(24)21-9-5-4-6-10-21/h4-12,22H,13-20H2,1-3H3,(H,26,30). The highest BCUT2D eigenvalue weighted by atomic mass is 16.6. The maximum Gasteiger partial charge on any atom is 0.411 e. The van der Waals surface area contributed by atoms with E-state index in [2.05, 4.69) is 41.2 Å². The van der Waals surface area contributed by atoms with Gasteiger partial charge in [0.25, 0.3) is 0 Å². The molecule has 0 atom stereocenters. The number of likely N-dealkylation sites (N-methyl/N-ethyl adjacent to an activating group) is 2. The second-order valence-electron chi connectivity index (χ2n) is 8.59. The number of amides is 1. The maximum absolute atomic E-state index is 12.5. The second kappa shape index (κ2) is 11.8. The van der Waals surface area contributed by atoms with Crippen molar-refractivity contribution in [2.45, 2.75) is 18.9 Å². The average Bonchev–Trinajstić information content (AvgIpc) is 2.78. The van der Waals surface area contributed by atoms with Gasteiger partial charge in [0.2, 0.25) is 0 Å². The van der Waals surface area contributed by atoms with Gasteiger partial charge in [-0.3, -0.25) is 5.32 Å². The van der Waals surface area contributed by atoms with E-state index in [1.54, 1.807) is 0 Å². The zero-order chi connectivity index (χ0) is 22.1. The summed E-state index contributed by atoms with van der Waals surface area (Å²) >= 11 is 0. The molecule has 0 unspecified atom stereocenters. The Balaban J connectivity index is 1.42. The SMILES string of the molecule is CN(C)CCN(C)CCN1CCC(OC(=O)Nc2ccccc2-c2ccccc2)CC1. The minimum atomic E-state index is -0.370. The highest BCUT2D eigenvalue weighted by Crippen LogP contribution is 2.28. The van der Waals surface area contributed by atoms with Crippen LogP contribution in [0, 0.1) is 0 Å². The van der Waals surface area contributed by atoms with Crippen LogP contribution in [0.2, 0.25) is 0 Å². The van der Waals surface area contributed by atoms with E-state index in [0.717, 1.165) is 68.9 Å². The first-order valence-electron chi connectivity index (χ1n) is 11.2. The van der Waals surface area contributed by atoms with Crippen LogP contribution in [0.1, 0.15) is 12.8 Å². The number of hydrogen-bond acceptors (Lipinski definition) is 5. The third-order valence-electron chi connectivity index (χ3n) is 5.78. The Kier molecular flexibility index (Phi) is 8.88. The van der Waals surface area contributed by atoms with Gasteiger partial charge in [-0.25, -0.2) is 4.79 Å². The van der Waals surface area contributed by atoms with Gasteiger partial charge in [-0.2, -0.15) is 0 Å². The molecule has 0 radical (unpaired) electrons. The number of carbonyl (C=O) groups excluding carboxylic acids is 1. The lowest BCUT2D eigenvalue weighted by atomic mass is 10.0. The summed E-state index contributed by atoms with van der Waals surface area (Å²) in [6.45, 7) is 6.23. The van der Waals surface area contributed by atoms with E-state index in [9.17, 15) is 4.79 Å². The van der Waals surface area contributed by atoms with Crippen LogP contribution in [0.4, 0.5) is 10.5 Å². The number of para-hydroxylation sites is 1. The highest BCUT2D eigenvalue weighted by Gasteiger charge is 2.22. The van der Waals surface area contributed by atoms with Gasteiger partial charge in [-0.05, 0) is 45.6 Å². The summed E-state index contributed by atoms with van der Waals surface area (Å²) < 4.78 is 5.73. The summed E-state index contributed by atoms with van der Waals surface area (Å²) in [7, 11) is 6.39. The Bertz CT molecular complexity index is 804. The molecule has 31 heavy (non-hydrogen) atoms. The number of likely N-dealkylation sites (tertiary alicyclic amines) is 1. The van der Waals surface area contributed by atoms with Crippen molar-refractivity contribution in [1.29, 1.82) is 0 Å². The third-order valence-corrected chi connectivity index (χ3v) is 5.78. The molecule has 1 saturated heterocycles. The zero-order valence-corrected chi connectivity index (χ0v) is 19.1. The van der Waals surface area contributed by atoms with Gasteiger partial charge in [0.15, 0.2) is 0 Å². The topological polar surface area (TPSA) is 48.1 Å². The normalized spacial score (nSPS) is 15.4. The molecule has 0 spiro atoms. The molecular weight excluding hydrogens is 388 g/mol. The van der Waals surface area contributed by atoms with Crippen LogP contribution in [0.3, 0.4) is 0 Å². The molecule has 6 heteroatoms. The van der Waals surface area contributed by atoms with Crippen molar-refractivity contribution in [3.8, 4) is 11.1 Å². The van der Waals surface area contributed by atoms with Crippen molar-refractivity contribution >= 4 is 11.8 Å². The first kappa shape index (κ1) is 23.3. The Hall–Kier alpha value is -2.41. The van der Waals surface area contributed by atoms with Gasteiger partial charge >= 0.3 is 6.09 Å². The van der Waals surface area contributed by atoms with Crippen LogP contribution in [0.15, 0.2) is 54.6 Å². The molecule has 0 aliphatic carbocycles. The molecule has 0 aromatic heterocycles. The van der Waals surface area contributed by atoms with Crippen LogP contribution in [-0.2, 0) is 4.74 Å². The Morgan fingerprint density at radius 1 is 0.968 bits per heavy atom. The Morgan fingerprint density at radius 2 is 1.65 bits per heavy atom. The summed E-state index contributed by atoms with van der Waals surface area (Å²) in [5.74, 6) is 0. The molecule has 168 valence electrons. The summed E-state index contributed by atoms with van der Waals surface area (Å²) in [4.78, 5) is 19.6. The monoisotopic (exact) mass is 424 g/mol. The van der Waals surface area contributed by atoms with Gasteiger partial charge in [-0.15, -0.1) is 0 Å². The van der Waals surface area contributed by atoms with Gasteiger partial charge in [0.1, 0.15) is 6.10 Å². The average molecular weight is 425 g/mol. The van der Waals surface area contributed by atoms with Crippen LogP contribution < -0.4 is 5.32 Å². The Labute approximate surface area is 186 Å². The van der Waals surface area contributed by atoms with E-state index >= 15 is 0 Å². The molecule has 1 aliphatic rings. The molecule has 0 bridgehead atoms. The van der Waals surface area contributed by atoms with Crippen LogP contribution >= 0.6 is 0 Å². The predicted octanol–water partition coefficient (Wildman–Crippen LogP) is 3.86. The number of nitrogens with zero attached hydrogens (tertiary/aromatic N) is 3. The minimum Gasteiger partial charge on any atom is -0.446 e. The molecule has 1 aliphatic heterocycles. The molecule has 1 fully saturated rings. The lowest BCUT2D eigenvalue weighted by Crippen LogP contribution is -2.42. The van der Waals surface area contributed by atoms with Gasteiger partial charge in [0.05, 0.1) is 5.69 Å². The molecule has 0 saturated carbocycles.